The summed E-state index contributed by atoms with van der Waals surface area (Å²) in [6, 6.07) is -1.44. The lowest BCUT2D eigenvalue weighted by atomic mass is 9.84. The standard InChI is InChI=1S/C15H23BN2O2/c1-14(2)15(3,4)20-16(19-14)13-8-7-12(11-17-13)18-9-5-6-10-18/h7-8,11H,5-6,9-10H2,1-4H3/i5D2,6D2,7D,8D,9D2,10D2,11D. The monoisotopic (exact) mass is 285 g/mol. The van der Waals surface area contributed by atoms with E-state index in [0.717, 1.165) is 0 Å². The first-order valence-electron chi connectivity index (χ1n) is 11.8. The molecule has 4 nitrogen and oxygen atoms in total. The number of hydrogen-bond donors (Lipinski definition) is 0. The van der Waals surface area contributed by atoms with Gasteiger partial charge in [-0.1, -0.05) is 0 Å². The fourth-order valence-corrected chi connectivity index (χ4v) is 1.77. The lowest BCUT2D eigenvalue weighted by molar-refractivity contribution is 0.00578. The summed E-state index contributed by atoms with van der Waals surface area (Å²) in [4.78, 5) is 3.98. The van der Waals surface area contributed by atoms with Crippen LogP contribution in [0.1, 0.15) is 55.5 Å². The first kappa shape index (κ1) is 5.97. The van der Waals surface area contributed by atoms with Gasteiger partial charge in [0, 0.05) is 30.1 Å². The van der Waals surface area contributed by atoms with Gasteiger partial charge in [-0.05, 0) is 52.5 Å². The van der Waals surface area contributed by atoms with Gasteiger partial charge in [-0.3, -0.25) is 4.98 Å². The van der Waals surface area contributed by atoms with Crippen LogP contribution in [0.4, 0.5) is 5.69 Å². The van der Waals surface area contributed by atoms with Crippen LogP contribution in [0.2, 0.25) is 0 Å². The van der Waals surface area contributed by atoms with Crippen LogP contribution in [0.25, 0.3) is 0 Å². The Balaban J connectivity index is 2.19. The van der Waals surface area contributed by atoms with E-state index in [9.17, 15) is 0 Å². The van der Waals surface area contributed by atoms with E-state index in [-0.39, 0.29) is 10.5 Å². The van der Waals surface area contributed by atoms with E-state index in [1.165, 1.54) is 0 Å². The van der Waals surface area contributed by atoms with Gasteiger partial charge in [0.25, 0.3) is 0 Å². The van der Waals surface area contributed by atoms with Crippen molar-refractivity contribution in [1.82, 2.24) is 4.98 Å². The van der Waals surface area contributed by atoms with Crippen LogP contribution in [-0.4, -0.2) is 36.3 Å². The highest BCUT2D eigenvalue weighted by Crippen LogP contribution is 2.36. The summed E-state index contributed by atoms with van der Waals surface area (Å²) in [5.74, 6) is 0. The van der Waals surface area contributed by atoms with E-state index in [0.29, 0.717) is 0 Å². The summed E-state index contributed by atoms with van der Waals surface area (Å²) in [6.07, 6.45) is -7.50. The zero-order valence-corrected chi connectivity index (χ0v) is 11.8. The molecule has 3 rings (SSSR count). The van der Waals surface area contributed by atoms with Gasteiger partial charge >= 0.3 is 7.12 Å². The maximum atomic E-state index is 8.34. The van der Waals surface area contributed by atoms with Crippen LogP contribution in [0.15, 0.2) is 18.3 Å². The second-order valence-corrected chi connectivity index (χ2v) is 5.60. The molecule has 1 aromatic rings. The molecule has 2 aliphatic heterocycles. The van der Waals surface area contributed by atoms with Gasteiger partial charge in [0.05, 0.1) is 26.6 Å². The number of nitrogens with zero attached hydrogens (tertiary/aromatic N) is 2. The molecular weight excluding hydrogens is 251 g/mol. The summed E-state index contributed by atoms with van der Waals surface area (Å²) < 4.78 is 101. The Kier molecular flexibility index (Phi) is 1.42. The van der Waals surface area contributed by atoms with E-state index < -0.39 is 68.0 Å². The van der Waals surface area contributed by atoms with Crippen molar-refractivity contribution in [3.8, 4) is 0 Å². The number of anilines is 1. The Bertz CT molecular complexity index is 896. The predicted octanol–water partition coefficient (Wildman–Crippen LogP) is 1.98. The minimum atomic E-state index is -3.34. The molecular formula is C15H23BN2O2. The van der Waals surface area contributed by atoms with Crippen LogP contribution in [-0.2, 0) is 9.31 Å². The van der Waals surface area contributed by atoms with E-state index in [1.807, 2.05) is 0 Å². The Hall–Kier alpha value is -1.07. The molecule has 0 unspecified atom stereocenters. The molecule has 2 aliphatic rings. The molecule has 0 aliphatic carbocycles. The second-order valence-electron chi connectivity index (χ2n) is 5.60. The maximum absolute atomic E-state index is 8.34. The van der Waals surface area contributed by atoms with Gasteiger partial charge in [-0.15, -0.1) is 0 Å². The van der Waals surface area contributed by atoms with Gasteiger partial charge in [0.1, 0.15) is 0 Å². The summed E-state index contributed by atoms with van der Waals surface area (Å²) in [7, 11) is -1.20. The number of aromatic nitrogens is 1. The first-order chi connectivity index (χ1) is 13.6. The largest absolute Gasteiger partial charge is 0.514 e. The summed E-state index contributed by atoms with van der Waals surface area (Å²) >= 11 is 0. The Morgan fingerprint density at radius 2 is 1.80 bits per heavy atom. The molecule has 5 heteroatoms. The summed E-state index contributed by atoms with van der Waals surface area (Å²) in [5.41, 5.74) is -2.66. The average molecular weight is 285 g/mol. The van der Waals surface area contributed by atoms with Crippen LogP contribution < -0.4 is 10.5 Å². The van der Waals surface area contributed by atoms with Crippen molar-refractivity contribution < 1.29 is 24.4 Å². The topological polar surface area (TPSA) is 34.6 Å². The molecule has 0 aromatic carbocycles. The minimum absolute atomic E-state index is 0.0731. The molecule has 0 saturated carbocycles. The lowest BCUT2D eigenvalue weighted by Crippen LogP contribution is -2.41. The zero-order chi connectivity index (χ0) is 24.2. The molecule has 0 atom stereocenters. The van der Waals surface area contributed by atoms with Crippen molar-refractivity contribution in [2.45, 2.75) is 51.6 Å². The van der Waals surface area contributed by atoms with Gasteiger partial charge < -0.3 is 14.2 Å². The third-order valence-electron chi connectivity index (χ3n) is 3.69. The van der Waals surface area contributed by atoms with E-state index in [2.05, 4.69) is 4.98 Å². The fraction of sp³-hybridized carbons (Fsp3) is 0.667. The highest BCUT2D eigenvalue weighted by Gasteiger charge is 2.52. The van der Waals surface area contributed by atoms with Crippen molar-refractivity contribution in [3.63, 3.8) is 0 Å². The van der Waals surface area contributed by atoms with Gasteiger partial charge in [0.15, 0.2) is 0 Å². The van der Waals surface area contributed by atoms with Crippen molar-refractivity contribution in [3.05, 3.63) is 18.3 Å². The predicted molar refractivity (Wildman–Crippen MR) is 81.4 cm³/mol. The Morgan fingerprint density at radius 3 is 2.40 bits per heavy atom. The van der Waals surface area contributed by atoms with Crippen LogP contribution in [0.5, 0.6) is 0 Å². The quantitative estimate of drug-likeness (QED) is 0.778. The van der Waals surface area contributed by atoms with Gasteiger partial charge in [-0.2, -0.15) is 0 Å². The molecule has 2 saturated heterocycles. The highest BCUT2D eigenvalue weighted by atomic mass is 16.7. The first-order valence-corrected chi connectivity index (χ1v) is 6.29. The van der Waals surface area contributed by atoms with Crippen LogP contribution in [0, 0.1) is 0 Å². The molecule has 0 spiro atoms. The lowest BCUT2D eigenvalue weighted by Gasteiger charge is -2.32. The van der Waals surface area contributed by atoms with Gasteiger partial charge in [-0.25, -0.2) is 0 Å². The molecule has 1 aromatic heterocycles. The summed E-state index contributed by atoms with van der Waals surface area (Å²) in [5, 5.41) is 0. The smallest absolute Gasteiger partial charge is 0.398 e. The van der Waals surface area contributed by atoms with E-state index in [4.69, 9.17) is 24.4 Å². The maximum Gasteiger partial charge on any atom is 0.514 e. The van der Waals surface area contributed by atoms with Crippen molar-refractivity contribution in [1.29, 1.82) is 0 Å². The molecule has 20 heavy (non-hydrogen) atoms. The number of rotatable bonds is 2. The highest BCUT2D eigenvalue weighted by molar-refractivity contribution is 6.61. The molecule has 3 heterocycles. The SMILES string of the molecule is [2H]c1nc(B2OC(C)(C)C(C)(C)O2)c([2H])c([2H])c1N1C([2H])([2H])C([2H])([2H])C([2H])([2H])C1([2H])[2H]. The van der Waals surface area contributed by atoms with Gasteiger partial charge in [0.2, 0.25) is 0 Å². The Morgan fingerprint density at radius 1 is 1.20 bits per heavy atom. The molecule has 108 valence electrons. The summed E-state index contributed by atoms with van der Waals surface area (Å²) in [6.45, 7) is 0.450. The molecule has 0 amide bonds. The van der Waals surface area contributed by atoms with Crippen LogP contribution in [0.3, 0.4) is 0 Å². The Labute approximate surface area is 137 Å². The third kappa shape index (κ3) is 2.33. The molecule has 0 N–H and O–H groups in total. The van der Waals surface area contributed by atoms with Crippen LogP contribution >= 0.6 is 0 Å². The van der Waals surface area contributed by atoms with E-state index in [1.54, 1.807) is 27.7 Å². The zero-order valence-electron chi connectivity index (χ0n) is 22.8. The third-order valence-corrected chi connectivity index (χ3v) is 3.69. The van der Waals surface area contributed by atoms with Crippen molar-refractivity contribution in [2.24, 2.45) is 0 Å². The van der Waals surface area contributed by atoms with Crippen molar-refractivity contribution >= 4 is 18.4 Å². The average Bonchev–Trinajstić information content (AvgIpc) is 2.84. The number of hydrogen-bond acceptors (Lipinski definition) is 4. The molecule has 0 bridgehead atoms. The van der Waals surface area contributed by atoms with Crippen molar-refractivity contribution in [2.75, 3.05) is 17.9 Å². The normalized spacial score (nSPS) is 42.5. The second kappa shape index (κ2) is 4.74. The fourth-order valence-electron chi connectivity index (χ4n) is 1.77. The molecule has 2 fully saturated rings. The number of pyridine rings is 1. The minimum Gasteiger partial charge on any atom is -0.398 e. The molecule has 0 radical (unpaired) electrons. The van der Waals surface area contributed by atoms with E-state index >= 15 is 0 Å².